The van der Waals surface area contributed by atoms with Gasteiger partial charge in [0, 0.05) is 23.5 Å². The standard InChI is InChI=1S/C19H15N3O3S2/c1-25-15-4-2-5-16(12-15)27(23,24)22-14-9-7-13(8-10-14)18-21-17-6-3-11-20-19(17)26-18/h2-12,22H,1H3. The van der Waals surface area contributed by atoms with Crippen LogP contribution in [0.3, 0.4) is 0 Å². The second-order valence-electron chi connectivity index (χ2n) is 5.71. The Hall–Kier alpha value is -2.97. The molecular formula is C19H15N3O3S2. The Kier molecular flexibility index (Phi) is 4.51. The van der Waals surface area contributed by atoms with Gasteiger partial charge in [-0.15, -0.1) is 0 Å². The number of ether oxygens (including phenoxy) is 1. The summed E-state index contributed by atoms with van der Waals surface area (Å²) in [5, 5.41) is 0.839. The Bertz CT molecular complexity index is 1170. The zero-order valence-electron chi connectivity index (χ0n) is 14.3. The van der Waals surface area contributed by atoms with Gasteiger partial charge in [-0.25, -0.2) is 18.4 Å². The molecule has 2 aromatic carbocycles. The molecule has 4 rings (SSSR count). The molecule has 0 radical (unpaired) electrons. The third-order valence-electron chi connectivity index (χ3n) is 3.90. The number of thiazole rings is 1. The lowest BCUT2D eigenvalue weighted by Crippen LogP contribution is -2.12. The maximum atomic E-state index is 12.6. The number of methoxy groups -OCH3 is 1. The Labute approximate surface area is 160 Å². The number of nitrogens with one attached hydrogen (secondary N) is 1. The van der Waals surface area contributed by atoms with Gasteiger partial charge in [-0.1, -0.05) is 17.4 Å². The van der Waals surface area contributed by atoms with Crippen LogP contribution in [0, 0.1) is 0 Å². The Morgan fingerprint density at radius 2 is 1.85 bits per heavy atom. The van der Waals surface area contributed by atoms with Crippen molar-refractivity contribution in [3.05, 3.63) is 66.9 Å². The Morgan fingerprint density at radius 1 is 1.04 bits per heavy atom. The molecule has 0 fully saturated rings. The van der Waals surface area contributed by atoms with Crippen LogP contribution in [0.25, 0.3) is 20.9 Å². The summed E-state index contributed by atoms with van der Waals surface area (Å²) >= 11 is 1.50. The molecule has 136 valence electrons. The average molecular weight is 397 g/mol. The molecule has 0 amide bonds. The van der Waals surface area contributed by atoms with Gasteiger partial charge in [0.1, 0.15) is 21.1 Å². The number of fused-ring (bicyclic) bond motifs is 1. The van der Waals surface area contributed by atoms with Gasteiger partial charge in [-0.05, 0) is 48.5 Å². The van der Waals surface area contributed by atoms with Crippen molar-refractivity contribution >= 4 is 37.4 Å². The molecule has 2 aromatic heterocycles. The molecule has 0 atom stereocenters. The zero-order chi connectivity index (χ0) is 18.9. The van der Waals surface area contributed by atoms with Crippen molar-refractivity contribution in [2.75, 3.05) is 11.8 Å². The molecule has 0 aliphatic heterocycles. The van der Waals surface area contributed by atoms with Crippen molar-refractivity contribution in [2.24, 2.45) is 0 Å². The van der Waals surface area contributed by atoms with Gasteiger partial charge < -0.3 is 4.74 Å². The number of hydrogen-bond acceptors (Lipinski definition) is 6. The SMILES string of the molecule is COc1cccc(S(=O)(=O)Nc2ccc(-c3nc4cccnc4s3)cc2)c1. The van der Waals surface area contributed by atoms with Crippen LogP contribution in [0.4, 0.5) is 5.69 Å². The largest absolute Gasteiger partial charge is 0.497 e. The van der Waals surface area contributed by atoms with Crippen LogP contribution in [0.2, 0.25) is 0 Å². The summed E-state index contributed by atoms with van der Waals surface area (Å²) in [6, 6.07) is 17.2. The Balaban J connectivity index is 1.58. The topological polar surface area (TPSA) is 81.2 Å². The van der Waals surface area contributed by atoms with Crippen molar-refractivity contribution in [3.63, 3.8) is 0 Å². The third-order valence-corrected chi connectivity index (χ3v) is 6.31. The van der Waals surface area contributed by atoms with Crippen molar-refractivity contribution < 1.29 is 13.2 Å². The Morgan fingerprint density at radius 3 is 2.59 bits per heavy atom. The van der Waals surface area contributed by atoms with Gasteiger partial charge in [0.15, 0.2) is 0 Å². The molecular weight excluding hydrogens is 382 g/mol. The normalized spacial score (nSPS) is 11.4. The highest BCUT2D eigenvalue weighted by atomic mass is 32.2. The number of rotatable bonds is 5. The van der Waals surface area contributed by atoms with E-state index in [2.05, 4.69) is 14.7 Å². The number of pyridine rings is 1. The monoisotopic (exact) mass is 397 g/mol. The predicted molar refractivity (Wildman–Crippen MR) is 107 cm³/mol. The fourth-order valence-corrected chi connectivity index (χ4v) is 4.56. The summed E-state index contributed by atoms with van der Waals surface area (Å²) in [4.78, 5) is 9.87. The highest BCUT2D eigenvalue weighted by Gasteiger charge is 2.15. The first-order valence-corrected chi connectivity index (χ1v) is 10.3. The van der Waals surface area contributed by atoms with E-state index in [1.54, 1.807) is 30.5 Å². The maximum absolute atomic E-state index is 12.6. The van der Waals surface area contributed by atoms with Crippen LogP contribution < -0.4 is 9.46 Å². The molecule has 1 N–H and O–H groups in total. The lowest BCUT2D eigenvalue weighted by atomic mass is 10.2. The van der Waals surface area contributed by atoms with E-state index < -0.39 is 10.0 Å². The summed E-state index contributed by atoms with van der Waals surface area (Å²) in [6.07, 6.45) is 1.74. The van der Waals surface area contributed by atoms with Gasteiger partial charge in [0.25, 0.3) is 10.0 Å². The van der Waals surface area contributed by atoms with Gasteiger partial charge in [0.2, 0.25) is 0 Å². The van der Waals surface area contributed by atoms with Crippen molar-refractivity contribution in [3.8, 4) is 16.3 Å². The molecule has 2 heterocycles. The van der Waals surface area contributed by atoms with Gasteiger partial charge >= 0.3 is 0 Å². The number of anilines is 1. The summed E-state index contributed by atoms with van der Waals surface area (Å²) in [6.45, 7) is 0. The zero-order valence-corrected chi connectivity index (χ0v) is 15.9. The van der Waals surface area contributed by atoms with Crippen molar-refractivity contribution in [1.82, 2.24) is 9.97 Å². The maximum Gasteiger partial charge on any atom is 0.262 e. The van der Waals surface area contributed by atoms with E-state index in [-0.39, 0.29) is 4.90 Å². The molecule has 0 spiro atoms. The number of nitrogens with zero attached hydrogens (tertiary/aromatic N) is 2. The van der Waals surface area contributed by atoms with Crippen LogP contribution in [0.1, 0.15) is 0 Å². The lowest BCUT2D eigenvalue weighted by Gasteiger charge is -2.09. The molecule has 8 heteroatoms. The van der Waals surface area contributed by atoms with Crippen LogP contribution in [-0.2, 0) is 10.0 Å². The molecule has 0 saturated carbocycles. The summed E-state index contributed by atoms with van der Waals surface area (Å²) in [7, 11) is -2.20. The minimum Gasteiger partial charge on any atom is -0.497 e. The molecule has 0 unspecified atom stereocenters. The predicted octanol–water partition coefficient (Wildman–Crippen LogP) is 4.17. The number of sulfonamides is 1. The molecule has 27 heavy (non-hydrogen) atoms. The third kappa shape index (κ3) is 3.62. The van der Waals surface area contributed by atoms with E-state index in [0.29, 0.717) is 11.4 Å². The average Bonchev–Trinajstić information content (AvgIpc) is 3.12. The highest BCUT2D eigenvalue weighted by molar-refractivity contribution is 7.92. The smallest absolute Gasteiger partial charge is 0.262 e. The fourth-order valence-electron chi connectivity index (χ4n) is 2.56. The lowest BCUT2D eigenvalue weighted by molar-refractivity contribution is 0.413. The van der Waals surface area contributed by atoms with Gasteiger partial charge in [-0.2, -0.15) is 0 Å². The molecule has 4 aromatic rings. The minimum atomic E-state index is -3.70. The molecule has 0 saturated heterocycles. The summed E-state index contributed by atoms with van der Waals surface area (Å²) in [5.41, 5.74) is 2.23. The van der Waals surface area contributed by atoms with E-state index in [1.165, 1.54) is 30.6 Å². The second-order valence-corrected chi connectivity index (χ2v) is 8.37. The van der Waals surface area contributed by atoms with E-state index >= 15 is 0 Å². The number of hydrogen-bond donors (Lipinski definition) is 1. The first-order chi connectivity index (χ1) is 13.0. The first kappa shape index (κ1) is 17.4. The van der Waals surface area contributed by atoms with Crippen LogP contribution in [0.5, 0.6) is 5.75 Å². The molecule has 0 aliphatic rings. The molecule has 6 nitrogen and oxygen atoms in total. The van der Waals surface area contributed by atoms with Crippen molar-refractivity contribution in [1.29, 1.82) is 0 Å². The summed E-state index contributed by atoms with van der Waals surface area (Å²) < 4.78 is 32.8. The van der Waals surface area contributed by atoms with E-state index in [9.17, 15) is 8.42 Å². The number of benzene rings is 2. The van der Waals surface area contributed by atoms with Crippen LogP contribution in [-0.4, -0.2) is 25.5 Å². The van der Waals surface area contributed by atoms with Crippen LogP contribution >= 0.6 is 11.3 Å². The van der Waals surface area contributed by atoms with Gasteiger partial charge in [0.05, 0.1) is 12.0 Å². The minimum absolute atomic E-state index is 0.142. The quantitative estimate of drug-likeness (QED) is 0.547. The van der Waals surface area contributed by atoms with E-state index in [4.69, 9.17) is 4.74 Å². The van der Waals surface area contributed by atoms with E-state index in [1.807, 2.05) is 24.3 Å². The van der Waals surface area contributed by atoms with E-state index in [0.717, 1.165) is 20.9 Å². The molecule has 0 bridgehead atoms. The highest BCUT2D eigenvalue weighted by Crippen LogP contribution is 2.30. The van der Waals surface area contributed by atoms with Crippen LogP contribution in [0.15, 0.2) is 71.8 Å². The summed E-state index contributed by atoms with van der Waals surface area (Å²) in [5.74, 6) is 0.484. The fraction of sp³-hybridized carbons (Fsp3) is 0.0526. The molecule has 0 aliphatic carbocycles. The van der Waals surface area contributed by atoms with Gasteiger partial charge in [-0.3, -0.25) is 4.72 Å². The number of aromatic nitrogens is 2. The first-order valence-electron chi connectivity index (χ1n) is 8.04. The second kappa shape index (κ2) is 6.98. The van der Waals surface area contributed by atoms with Crippen molar-refractivity contribution in [2.45, 2.75) is 4.90 Å².